The number of hydrogen-bond donors (Lipinski definition) is 0. The second kappa shape index (κ2) is 6.29. The van der Waals surface area contributed by atoms with E-state index < -0.39 is 0 Å². The molecular weight excluding hydrogens is 262 g/mol. The smallest absolute Gasteiger partial charge is 0.225 e. The van der Waals surface area contributed by atoms with Crippen LogP contribution in [0.25, 0.3) is 0 Å². The van der Waals surface area contributed by atoms with Gasteiger partial charge in [-0.25, -0.2) is 0 Å². The van der Waals surface area contributed by atoms with Gasteiger partial charge in [0.25, 0.3) is 0 Å². The number of piperidine rings is 1. The fourth-order valence-electron chi connectivity index (χ4n) is 2.29. The summed E-state index contributed by atoms with van der Waals surface area (Å²) in [6.07, 6.45) is 1.94. The molecule has 1 aromatic rings. The first-order valence-corrected chi connectivity index (χ1v) is 7.15. The van der Waals surface area contributed by atoms with Crippen molar-refractivity contribution in [1.29, 1.82) is 0 Å². The molecule has 1 aliphatic rings. The molecule has 1 aromatic carbocycles. The van der Waals surface area contributed by atoms with Crippen molar-refractivity contribution >= 4 is 17.5 Å². The third-order valence-corrected chi connectivity index (χ3v) is 3.58. The number of benzene rings is 1. The van der Waals surface area contributed by atoms with E-state index >= 15 is 0 Å². The predicted molar refractivity (Wildman–Crippen MR) is 76.5 cm³/mol. The van der Waals surface area contributed by atoms with Crippen molar-refractivity contribution in [1.82, 2.24) is 4.90 Å². The number of nitrogens with zero attached hydrogens (tertiary/aromatic N) is 1. The molecule has 0 unspecified atom stereocenters. The van der Waals surface area contributed by atoms with Crippen molar-refractivity contribution in [2.75, 3.05) is 13.1 Å². The Morgan fingerprint density at radius 3 is 2.63 bits per heavy atom. The highest BCUT2D eigenvalue weighted by molar-refractivity contribution is 6.30. The lowest BCUT2D eigenvalue weighted by molar-refractivity contribution is -0.136. The summed E-state index contributed by atoms with van der Waals surface area (Å²) in [5, 5.41) is 0.685. The Balaban J connectivity index is 1.85. The monoisotopic (exact) mass is 281 g/mol. The molecule has 1 amide bonds. The average molecular weight is 282 g/mol. The van der Waals surface area contributed by atoms with Crippen LogP contribution in [0.15, 0.2) is 24.3 Å². The highest BCUT2D eigenvalue weighted by Gasteiger charge is 2.25. The van der Waals surface area contributed by atoms with E-state index in [2.05, 4.69) is 0 Å². The molecule has 1 aliphatic heterocycles. The maximum absolute atomic E-state index is 11.9. The lowest BCUT2D eigenvalue weighted by Crippen LogP contribution is -2.43. The largest absolute Gasteiger partial charge is 0.490 e. The number of carbonyl (C=O) groups excluding carboxylic acids is 1. The summed E-state index contributed by atoms with van der Waals surface area (Å²) in [6.45, 7) is 5.44. The lowest BCUT2D eigenvalue weighted by atomic mass is 10.1. The van der Waals surface area contributed by atoms with E-state index in [-0.39, 0.29) is 17.9 Å². The topological polar surface area (TPSA) is 29.5 Å². The highest BCUT2D eigenvalue weighted by atomic mass is 35.5. The van der Waals surface area contributed by atoms with Crippen molar-refractivity contribution in [2.24, 2.45) is 5.92 Å². The van der Waals surface area contributed by atoms with E-state index in [4.69, 9.17) is 16.3 Å². The Labute approximate surface area is 119 Å². The minimum atomic E-state index is 0.0744. The first-order chi connectivity index (χ1) is 9.06. The summed E-state index contributed by atoms with van der Waals surface area (Å²) in [5.74, 6) is 1.12. The van der Waals surface area contributed by atoms with E-state index in [1.807, 2.05) is 43.0 Å². The number of amides is 1. The van der Waals surface area contributed by atoms with Gasteiger partial charge < -0.3 is 9.64 Å². The summed E-state index contributed by atoms with van der Waals surface area (Å²) in [5.41, 5.74) is 0. The van der Waals surface area contributed by atoms with E-state index in [0.717, 1.165) is 31.7 Å². The standard InChI is InChI=1S/C15H20ClNO2/c1-11(2)15(18)17-8-6-13(7-9-17)19-14-5-3-4-12(16)10-14/h3-5,10-11,13H,6-9H2,1-2H3. The van der Waals surface area contributed by atoms with Crippen LogP contribution in [-0.2, 0) is 4.79 Å². The van der Waals surface area contributed by atoms with Crippen LogP contribution in [0, 0.1) is 5.92 Å². The van der Waals surface area contributed by atoms with Gasteiger partial charge in [-0.2, -0.15) is 0 Å². The summed E-state index contributed by atoms with van der Waals surface area (Å²) >= 11 is 5.93. The summed E-state index contributed by atoms with van der Waals surface area (Å²) in [7, 11) is 0. The normalized spacial score (nSPS) is 16.7. The molecule has 0 atom stereocenters. The maximum atomic E-state index is 11.9. The number of rotatable bonds is 3. The van der Waals surface area contributed by atoms with Crippen LogP contribution < -0.4 is 4.74 Å². The van der Waals surface area contributed by atoms with Crippen LogP contribution in [0.3, 0.4) is 0 Å². The number of ether oxygens (including phenoxy) is 1. The molecule has 0 spiro atoms. The Morgan fingerprint density at radius 1 is 1.37 bits per heavy atom. The zero-order valence-electron chi connectivity index (χ0n) is 11.4. The van der Waals surface area contributed by atoms with Crippen LogP contribution in [0.4, 0.5) is 0 Å². The molecule has 0 radical (unpaired) electrons. The van der Waals surface area contributed by atoms with E-state index in [9.17, 15) is 4.79 Å². The van der Waals surface area contributed by atoms with Crippen molar-refractivity contribution < 1.29 is 9.53 Å². The van der Waals surface area contributed by atoms with Crippen LogP contribution in [-0.4, -0.2) is 30.0 Å². The van der Waals surface area contributed by atoms with Crippen LogP contribution in [0.5, 0.6) is 5.75 Å². The zero-order chi connectivity index (χ0) is 13.8. The van der Waals surface area contributed by atoms with Gasteiger partial charge in [0.15, 0.2) is 0 Å². The number of halogens is 1. The molecule has 0 saturated carbocycles. The van der Waals surface area contributed by atoms with E-state index in [0.29, 0.717) is 5.02 Å². The SMILES string of the molecule is CC(C)C(=O)N1CCC(Oc2cccc(Cl)c2)CC1. The van der Waals surface area contributed by atoms with Gasteiger partial charge in [-0.1, -0.05) is 31.5 Å². The van der Waals surface area contributed by atoms with Gasteiger partial charge in [-0.3, -0.25) is 4.79 Å². The molecule has 4 heteroatoms. The molecule has 3 nitrogen and oxygen atoms in total. The third kappa shape index (κ3) is 3.87. The number of likely N-dealkylation sites (tertiary alicyclic amines) is 1. The Hall–Kier alpha value is -1.22. The molecule has 0 aromatic heterocycles. The van der Waals surface area contributed by atoms with E-state index in [1.54, 1.807) is 0 Å². The average Bonchev–Trinajstić information content (AvgIpc) is 2.39. The first-order valence-electron chi connectivity index (χ1n) is 6.77. The van der Waals surface area contributed by atoms with Gasteiger partial charge in [0.05, 0.1) is 0 Å². The summed E-state index contributed by atoms with van der Waals surface area (Å²) < 4.78 is 5.90. The Kier molecular flexibility index (Phi) is 4.70. The van der Waals surface area contributed by atoms with Crippen LogP contribution in [0.1, 0.15) is 26.7 Å². The molecule has 1 saturated heterocycles. The Morgan fingerprint density at radius 2 is 2.05 bits per heavy atom. The number of carbonyl (C=O) groups is 1. The van der Waals surface area contributed by atoms with Crippen molar-refractivity contribution in [3.8, 4) is 5.75 Å². The second-order valence-corrected chi connectivity index (χ2v) is 5.69. The molecule has 2 rings (SSSR count). The molecule has 0 bridgehead atoms. The van der Waals surface area contributed by atoms with Crippen molar-refractivity contribution in [3.05, 3.63) is 29.3 Å². The predicted octanol–water partition coefficient (Wildman–Crippen LogP) is 3.37. The number of hydrogen-bond acceptors (Lipinski definition) is 2. The van der Waals surface area contributed by atoms with Crippen LogP contribution in [0.2, 0.25) is 5.02 Å². The van der Waals surface area contributed by atoms with Gasteiger partial charge in [0.1, 0.15) is 11.9 Å². The summed E-state index contributed by atoms with van der Waals surface area (Å²) in [4.78, 5) is 13.8. The molecule has 1 fully saturated rings. The zero-order valence-corrected chi connectivity index (χ0v) is 12.2. The molecule has 104 valence electrons. The molecule has 19 heavy (non-hydrogen) atoms. The minimum absolute atomic E-state index is 0.0744. The maximum Gasteiger partial charge on any atom is 0.225 e. The van der Waals surface area contributed by atoms with E-state index in [1.165, 1.54) is 0 Å². The quantitative estimate of drug-likeness (QED) is 0.850. The van der Waals surface area contributed by atoms with Gasteiger partial charge >= 0.3 is 0 Å². The molecule has 0 N–H and O–H groups in total. The molecule has 1 heterocycles. The second-order valence-electron chi connectivity index (χ2n) is 5.25. The lowest BCUT2D eigenvalue weighted by Gasteiger charge is -2.33. The van der Waals surface area contributed by atoms with Crippen LogP contribution >= 0.6 is 11.6 Å². The van der Waals surface area contributed by atoms with Gasteiger partial charge in [-0.05, 0) is 18.2 Å². The first kappa shape index (κ1) is 14.2. The molecular formula is C15H20ClNO2. The third-order valence-electron chi connectivity index (χ3n) is 3.35. The van der Waals surface area contributed by atoms with Crippen molar-refractivity contribution in [2.45, 2.75) is 32.8 Å². The van der Waals surface area contributed by atoms with Gasteiger partial charge in [0.2, 0.25) is 5.91 Å². The van der Waals surface area contributed by atoms with Gasteiger partial charge in [0, 0.05) is 36.9 Å². The fourth-order valence-corrected chi connectivity index (χ4v) is 2.47. The fraction of sp³-hybridized carbons (Fsp3) is 0.533. The van der Waals surface area contributed by atoms with Crippen molar-refractivity contribution in [3.63, 3.8) is 0 Å². The Bertz CT molecular complexity index is 440. The minimum Gasteiger partial charge on any atom is -0.490 e. The van der Waals surface area contributed by atoms with Gasteiger partial charge in [-0.15, -0.1) is 0 Å². The highest BCUT2D eigenvalue weighted by Crippen LogP contribution is 2.22. The summed E-state index contributed by atoms with van der Waals surface area (Å²) in [6, 6.07) is 7.46. The molecule has 0 aliphatic carbocycles.